The monoisotopic (exact) mass is 403 g/mol. The van der Waals surface area contributed by atoms with E-state index in [-0.39, 0.29) is 13.2 Å². The molecular formula is C21H19Cl2NO3. The molecule has 0 radical (unpaired) electrons. The zero-order valence-corrected chi connectivity index (χ0v) is 16.6. The van der Waals surface area contributed by atoms with Crippen molar-refractivity contribution < 1.29 is 14.3 Å². The summed E-state index contributed by atoms with van der Waals surface area (Å²) in [6.45, 7) is 4.14. The number of hydrogen-bond acceptors (Lipinski definition) is 4. The number of hydrogen-bond donors (Lipinski definition) is 0. The Bertz CT molecular complexity index is 968. The van der Waals surface area contributed by atoms with Crippen molar-refractivity contribution >= 4 is 40.1 Å². The van der Waals surface area contributed by atoms with E-state index in [0.29, 0.717) is 21.4 Å². The molecular weight excluding hydrogens is 385 g/mol. The number of aryl methyl sites for hydroxylation is 1. The Hall–Kier alpha value is -2.30. The van der Waals surface area contributed by atoms with Gasteiger partial charge >= 0.3 is 5.97 Å². The second-order valence-electron chi connectivity index (χ2n) is 5.96. The van der Waals surface area contributed by atoms with Crippen LogP contribution in [0.25, 0.3) is 10.9 Å². The van der Waals surface area contributed by atoms with Crippen molar-refractivity contribution in [2.24, 2.45) is 0 Å². The van der Waals surface area contributed by atoms with Crippen LogP contribution in [0, 0.1) is 6.92 Å². The average Bonchev–Trinajstić information content (AvgIpc) is 2.66. The van der Waals surface area contributed by atoms with Crippen LogP contribution in [0.4, 0.5) is 0 Å². The van der Waals surface area contributed by atoms with Crippen LogP contribution in [-0.4, -0.2) is 24.2 Å². The van der Waals surface area contributed by atoms with Crippen molar-refractivity contribution in [3.8, 4) is 5.75 Å². The third-order valence-corrected chi connectivity index (χ3v) is 4.85. The molecule has 0 N–H and O–H groups in total. The fraction of sp³-hybridized carbons (Fsp3) is 0.238. The van der Waals surface area contributed by atoms with Crippen molar-refractivity contribution in [2.45, 2.75) is 20.3 Å². The van der Waals surface area contributed by atoms with E-state index in [4.69, 9.17) is 32.7 Å². The number of benzene rings is 2. The van der Waals surface area contributed by atoms with Crippen molar-refractivity contribution in [1.82, 2.24) is 4.98 Å². The van der Waals surface area contributed by atoms with Crippen LogP contribution in [0.3, 0.4) is 0 Å². The van der Waals surface area contributed by atoms with Crippen LogP contribution in [0.2, 0.25) is 10.0 Å². The van der Waals surface area contributed by atoms with E-state index in [9.17, 15) is 4.79 Å². The first-order chi connectivity index (χ1) is 13.0. The first-order valence-electron chi connectivity index (χ1n) is 8.65. The summed E-state index contributed by atoms with van der Waals surface area (Å²) in [6, 6.07) is 12.7. The predicted octanol–water partition coefficient (Wildman–Crippen LogP) is 5.65. The van der Waals surface area contributed by atoms with E-state index in [1.54, 1.807) is 18.2 Å². The molecule has 6 heteroatoms. The molecule has 0 aliphatic rings. The maximum atomic E-state index is 12.7. The van der Waals surface area contributed by atoms with Gasteiger partial charge in [-0.2, -0.15) is 0 Å². The number of carbonyl (C=O) groups is 1. The number of carbonyl (C=O) groups excluding carboxylic acids is 1. The van der Waals surface area contributed by atoms with Crippen molar-refractivity contribution in [3.05, 3.63) is 69.3 Å². The molecule has 2 aromatic carbocycles. The number of nitrogens with zero attached hydrogens (tertiary/aromatic N) is 1. The summed E-state index contributed by atoms with van der Waals surface area (Å²) in [5, 5.41) is 1.61. The van der Waals surface area contributed by atoms with Gasteiger partial charge in [0.25, 0.3) is 0 Å². The van der Waals surface area contributed by atoms with E-state index in [1.807, 2.05) is 38.1 Å². The van der Waals surface area contributed by atoms with Crippen LogP contribution in [0.15, 0.2) is 42.5 Å². The second kappa shape index (κ2) is 8.59. The Kier molecular flexibility index (Phi) is 6.19. The van der Waals surface area contributed by atoms with Gasteiger partial charge in [0, 0.05) is 11.1 Å². The Morgan fingerprint density at radius 2 is 1.74 bits per heavy atom. The highest BCUT2D eigenvalue weighted by Gasteiger charge is 2.18. The summed E-state index contributed by atoms with van der Waals surface area (Å²) >= 11 is 12.1. The van der Waals surface area contributed by atoms with Gasteiger partial charge in [0.15, 0.2) is 5.75 Å². The van der Waals surface area contributed by atoms with Gasteiger partial charge in [0.1, 0.15) is 13.2 Å². The molecule has 27 heavy (non-hydrogen) atoms. The van der Waals surface area contributed by atoms with Gasteiger partial charge in [-0.15, -0.1) is 0 Å². The number of aromatic nitrogens is 1. The maximum absolute atomic E-state index is 12.7. The molecule has 140 valence electrons. The summed E-state index contributed by atoms with van der Waals surface area (Å²) in [7, 11) is 0. The standard InChI is InChI=1S/C21H19Cl2NO3/c1-3-17-13(2)19(14-7-4-5-10-18(14)24-17)21(25)27-12-11-26-20-15(22)8-6-9-16(20)23/h4-10H,3,11-12H2,1-2H3. The molecule has 0 unspecified atom stereocenters. The summed E-state index contributed by atoms with van der Waals surface area (Å²) in [5.41, 5.74) is 3.07. The molecule has 0 amide bonds. The Labute approximate surface area is 168 Å². The molecule has 0 atom stereocenters. The summed E-state index contributed by atoms with van der Waals surface area (Å²) in [5.74, 6) is -0.00894. The number of pyridine rings is 1. The third-order valence-electron chi connectivity index (χ3n) is 4.26. The van der Waals surface area contributed by atoms with Gasteiger partial charge < -0.3 is 9.47 Å². The number of esters is 1. The largest absolute Gasteiger partial charge is 0.487 e. The minimum atomic E-state index is -0.394. The zero-order chi connectivity index (χ0) is 19.4. The summed E-state index contributed by atoms with van der Waals surface area (Å²) in [6.07, 6.45) is 0.741. The molecule has 0 saturated carbocycles. The van der Waals surface area contributed by atoms with Crippen LogP contribution in [0.5, 0.6) is 5.75 Å². The number of para-hydroxylation sites is 2. The molecule has 3 aromatic rings. The zero-order valence-electron chi connectivity index (χ0n) is 15.1. The van der Waals surface area contributed by atoms with Gasteiger partial charge in [-0.1, -0.05) is 54.4 Å². The molecule has 0 aliphatic carbocycles. The lowest BCUT2D eigenvalue weighted by Crippen LogP contribution is -2.15. The molecule has 1 heterocycles. The van der Waals surface area contributed by atoms with Crippen LogP contribution >= 0.6 is 23.2 Å². The third kappa shape index (κ3) is 4.18. The highest BCUT2D eigenvalue weighted by atomic mass is 35.5. The van der Waals surface area contributed by atoms with Gasteiger partial charge in [0.2, 0.25) is 0 Å². The molecule has 0 fully saturated rings. The fourth-order valence-electron chi connectivity index (χ4n) is 2.94. The number of halogens is 2. The molecule has 0 aliphatic heterocycles. The van der Waals surface area contributed by atoms with E-state index in [0.717, 1.165) is 28.6 Å². The Morgan fingerprint density at radius 3 is 2.44 bits per heavy atom. The maximum Gasteiger partial charge on any atom is 0.339 e. The van der Waals surface area contributed by atoms with Gasteiger partial charge in [-0.3, -0.25) is 4.98 Å². The van der Waals surface area contributed by atoms with Crippen LogP contribution in [-0.2, 0) is 11.2 Å². The molecule has 0 spiro atoms. The fourth-order valence-corrected chi connectivity index (χ4v) is 3.44. The first-order valence-corrected chi connectivity index (χ1v) is 9.40. The second-order valence-corrected chi connectivity index (χ2v) is 6.78. The highest BCUT2D eigenvalue weighted by Crippen LogP contribution is 2.32. The lowest BCUT2D eigenvalue weighted by atomic mass is 10.0. The predicted molar refractivity (Wildman–Crippen MR) is 108 cm³/mol. The van der Waals surface area contributed by atoms with Crippen molar-refractivity contribution in [3.63, 3.8) is 0 Å². The molecule has 1 aromatic heterocycles. The SMILES string of the molecule is CCc1nc2ccccc2c(C(=O)OCCOc2c(Cl)cccc2Cl)c1C. The molecule has 0 saturated heterocycles. The molecule has 3 rings (SSSR count). The van der Waals surface area contributed by atoms with Crippen LogP contribution < -0.4 is 4.74 Å². The van der Waals surface area contributed by atoms with E-state index in [2.05, 4.69) is 4.98 Å². The van der Waals surface area contributed by atoms with Gasteiger partial charge in [-0.05, 0) is 37.1 Å². The van der Waals surface area contributed by atoms with Crippen molar-refractivity contribution in [1.29, 1.82) is 0 Å². The lowest BCUT2D eigenvalue weighted by molar-refractivity contribution is 0.0452. The van der Waals surface area contributed by atoms with Gasteiger partial charge in [-0.25, -0.2) is 4.79 Å². The van der Waals surface area contributed by atoms with Crippen molar-refractivity contribution in [2.75, 3.05) is 13.2 Å². The normalized spacial score (nSPS) is 10.8. The van der Waals surface area contributed by atoms with E-state index in [1.165, 1.54) is 0 Å². The minimum absolute atomic E-state index is 0.0813. The number of fused-ring (bicyclic) bond motifs is 1. The first kappa shape index (κ1) is 19.5. The Morgan fingerprint density at radius 1 is 1.04 bits per heavy atom. The number of ether oxygens (including phenoxy) is 2. The summed E-state index contributed by atoms with van der Waals surface area (Å²) in [4.78, 5) is 17.4. The molecule has 4 nitrogen and oxygen atoms in total. The van der Waals surface area contributed by atoms with Crippen LogP contribution in [0.1, 0.15) is 28.5 Å². The quantitative estimate of drug-likeness (QED) is 0.394. The smallest absolute Gasteiger partial charge is 0.339 e. The number of rotatable bonds is 6. The highest BCUT2D eigenvalue weighted by molar-refractivity contribution is 6.37. The summed E-state index contributed by atoms with van der Waals surface area (Å²) < 4.78 is 11.0. The average molecular weight is 404 g/mol. The Balaban J connectivity index is 1.74. The topological polar surface area (TPSA) is 48.4 Å². The van der Waals surface area contributed by atoms with Gasteiger partial charge in [0.05, 0.1) is 21.1 Å². The van der Waals surface area contributed by atoms with E-state index < -0.39 is 5.97 Å². The lowest BCUT2D eigenvalue weighted by Gasteiger charge is -2.14. The molecule has 0 bridgehead atoms. The minimum Gasteiger partial charge on any atom is -0.487 e. The van der Waals surface area contributed by atoms with E-state index >= 15 is 0 Å².